The zero-order valence-electron chi connectivity index (χ0n) is 52.2. The van der Waals surface area contributed by atoms with Crippen LogP contribution in [0.2, 0.25) is 0 Å². The molecule has 0 rings (SSSR count). The Hall–Kier alpha value is -4.97. The van der Waals surface area contributed by atoms with E-state index in [2.05, 4.69) is 179 Å². The second-order valence-electron chi connectivity index (χ2n) is 21.3. The number of carbonyl (C=O) groups is 3. The van der Waals surface area contributed by atoms with Gasteiger partial charge in [-0.15, -0.1) is 0 Å². The predicted octanol–water partition coefficient (Wildman–Crippen LogP) is 22.9. The Kier molecular flexibility index (Phi) is 63.4. The maximum absolute atomic E-state index is 12.8. The first-order valence-corrected chi connectivity index (χ1v) is 33.0. The maximum Gasteiger partial charge on any atom is 0.306 e. The van der Waals surface area contributed by atoms with Crippen LogP contribution in [-0.4, -0.2) is 37.2 Å². The molecule has 81 heavy (non-hydrogen) atoms. The van der Waals surface area contributed by atoms with Gasteiger partial charge in [0.15, 0.2) is 6.10 Å². The summed E-state index contributed by atoms with van der Waals surface area (Å²) in [5.41, 5.74) is 0. The zero-order valence-corrected chi connectivity index (χ0v) is 52.2. The zero-order chi connectivity index (χ0) is 58.5. The molecule has 0 aliphatic heterocycles. The van der Waals surface area contributed by atoms with Crippen molar-refractivity contribution in [2.45, 2.75) is 284 Å². The van der Waals surface area contributed by atoms with Crippen molar-refractivity contribution >= 4 is 17.9 Å². The summed E-state index contributed by atoms with van der Waals surface area (Å²) < 4.78 is 16.8. The number of hydrogen-bond acceptors (Lipinski definition) is 6. The minimum atomic E-state index is -0.793. The lowest BCUT2D eigenvalue weighted by Crippen LogP contribution is -2.30. The van der Waals surface area contributed by atoms with Crippen LogP contribution in [0, 0.1) is 0 Å². The quantitative estimate of drug-likeness (QED) is 0.0261. The summed E-state index contributed by atoms with van der Waals surface area (Å²) in [6.45, 7) is 6.31. The molecule has 0 aromatic heterocycles. The summed E-state index contributed by atoms with van der Waals surface area (Å²) in [6, 6.07) is 0. The normalized spacial score (nSPS) is 13.2. The summed E-state index contributed by atoms with van der Waals surface area (Å²) in [6.07, 6.45) is 98.7. The van der Waals surface area contributed by atoms with Crippen LogP contribution in [0.15, 0.2) is 158 Å². The van der Waals surface area contributed by atoms with Crippen molar-refractivity contribution in [3.05, 3.63) is 158 Å². The minimum Gasteiger partial charge on any atom is -0.462 e. The van der Waals surface area contributed by atoms with Gasteiger partial charge in [0.2, 0.25) is 0 Å². The van der Waals surface area contributed by atoms with E-state index in [9.17, 15) is 14.4 Å². The SMILES string of the molecule is CC/C=C\C/C=C\C/C=C\C/C=C\C/C=C\C/C=C\C/C=C\C/C=C\CCCCCCC(=O)OCC(COC(=O)CCCCCCC)OC(=O)CCCCCCCCCCCCCCC/C=C\C/C=C\C/C=C\C/C=C\C/C=C\CC. The molecule has 0 aliphatic rings. The van der Waals surface area contributed by atoms with Gasteiger partial charge in [0.05, 0.1) is 0 Å². The van der Waals surface area contributed by atoms with E-state index >= 15 is 0 Å². The molecule has 1 unspecified atom stereocenters. The highest BCUT2D eigenvalue weighted by molar-refractivity contribution is 5.71. The molecular weight excluding hydrogens is 997 g/mol. The van der Waals surface area contributed by atoms with Crippen molar-refractivity contribution in [1.29, 1.82) is 0 Å². The summed E-state index contributed by atoms with van der Waals surface area (Å²) in [5, 5.41) is 0. The van der Waals surface area contributed by atoms with Crippen LogP contribution in [0.5, 0.6) is 0 Å². The van der Waals surface area contributed by atoms with E-state index in [1.807, 2.05) is 0 Å². The molecular formula is C75H120O6. The van der Waals surface area contributed by atoms with Gasteiger partial charge >= 0.3 is 17.9 Å². The van der Waals surface area contributed by atoms with Crippen LogP contribution >= 0.6 is 0 Å². The van der Waals surface area contributed by atoms with E-state index in [4.69, 9.17) is 14.2 Å². The average Bonchev–Trinajstić information content (AvgIpc) is 3.47. The molecule has 6 heteroatoms. The summed E-state index contributed by atoms with van der Waals surface area (Å²) in [4.78, 5) is 38.0. The molecule has 0 aromatic rings. The number of ether oxygens (including phenoxy) is 3. The van der Waals surface area contributed by atoms with E-state index in [1.54, 1.807) is 0 Å². The maximum atomic E-state index is 12.8. The largest absolute Gasteiger partial charge is 0.462 e. The van der Waals surface area contributed by atoms with Crippen molar-refractivity contribution < 1.29 is 28.6 Å². The first-order valence-electron chi connectivity index (χ1n) is 33.0. The molecule has 0 bridgehead atoms. The number of hydrogen-bond donors (Lipinski definition) is 0. The molecule has 0 saturated heterocycles. The topological polar surface area (TPSA) is 78.9 Å². The van der Waals surface area contributed by atoms with Crippen LogP contribution in [-0.2, 0) is 28.6 Å². The third kappa shape index (κ3) is 65.7. The van der Waals surface area contributed by atoms with Crippen LogP contribution in [0.1, 0.15) is 278 Å². The van der Waals surface area contributed by atoms with Gasteiger partial charge in [-0.25, -0.2) is 0 Å². The highest BCUT2D eigenvalue weighted by Crippen LogP contribution is 2.15. The summed E-state index contributed by atoms with van der Waals surface area (Å²) in [5.74, 6) is -0.935. The third-order valence-electron chi connectivity index (χ3n) is 13.5. The van der Waals surface area contributed by atoms with E-state index in [0.717, 1.165) is 167 Å². The van der Waals surface area contributed by atoms with Gasteiger partial charge < -0.3 is 14.2 Å². The van der Waals surface area contributed by atoms with Gasteiger partial charge in [-0.05, 0) is 128 Å². The van der Waals surface area contributed by atoms with Gasteiger partial charge in [0.25, 0.3) is 0 Å². The number of allylic oxidation sites excluding steroid dienone is 26. The van der Waals surface area contributed by atoms with Gasteiger partial charge in [-0.3, -0.25) is 14.4 Å². The van der Waals surface area contributed by atoms with E-state index in [-0.39, 0.29) is 31.1 Å². The highest BCUT2D eigenvalue weighted by atomic mass is 16.6. The monoisotopic (exact) mass is 1120 g/mol. The first kappa shape index (κ1) is 76.0. The van der Waals surface area contributed by atoms with Crippen molar-refractivity contribution in [1.82, 2.24) is 0 Å². The molecule has 0 N–H and O–H groups in total. The molecule has 0 fully saturated rings. The first-order chi connectivity index (χ1) is 40.0. The molecule has 0 heterocycles. The number of carbonyl (C=O) groups excluding carboxylic acids is 3. The third-order valence-corrected chi connectivity index (χ3v) is 13.5. The molecule has 0 saturated carbocycles. The van der Waals surface area contributed by atoms with E-state index in [1.165, 1.54) is 70.6 Å². The fourth-order valence-corrected chi connectivity index (χ4v) is 8.66. The van der Waals surface area contributed by atoms with E-state index in [0.29, 0.717) is 19.3 Å². The van der Waals surface area contributed by atoms with Crippen LogP contribution in [0.4, 0.5) is 0 Å². The van der Waals surface area contributed by atoms with E-state index < -0.39 is 6.10 Å². The Bertz CT molecular complexity index is 1810. The lowest BCUT2D eigenvalue weighted by molar-refractivity contribution is -0.167. The Labute approximate surface area is 499 Å². The Balaban J connectivity index is 4.12. The van der Waals surface area contributed by atoms with Crippen molar-refractivity contribution in [3.8, 4) is 0 Å². The fraction of sp³-hybridized carbons (Fsp3) is 0.613. The Morgan fingerprint density at radius 1 is 0.259 bits per heavy atom. The second-order valence-corrected chi connectivity index (χ2v) is 21.3. The number of unbranched alkanes of at least 4 members (excludes halogenated alkanes) is 21. The predicted molar refractivity (Wildman–Crippen MR) is 352 cm³/mol. The molecule has 0 radical (unpaired) electrons. The van der Waals surface area contributed by atoms with Gasteiger partial charge in [0, 0.05) is 19.3 Å². The molecule has 0 aromatic carbocycles. The molecule has 0 spiro atoms. The number of rotatable bonds is 58. The second kappa shape index (κ2) is 67.5. The Morgan fingerprint density at radius 2 is 0.481 bits per heavy atom. The lowest BCUT2D eigenvalue weighted by atomic mass is 10.0. The summed E-state index contributed by atoms with van der Waals surface area (Å²) in [7, 11) is 0. The van der Waals surface area contributed by atoms with Crippen molar-refractivity contribution in [3.63, 3.8) is 0 Å². The molecule has 6 nitrogen and oxygen atoms in total. The van der Waals surface area contributed by atoms with Gasteiger partial charge in [-0.2, -0.15) is 0 Å². The molecule has 1 atom stereocenters. The molecule has 0 aliphatic carbocycles. The molecule has 0 amide bonds. The summed E-state index contributed by atoms with van der Waals surface area (Å²) >= 11 is 0. The smallest absolute Gasteiger partial charge is 0.306 e. The van der Waals surface area contributed by atoms with Crippen LogP contribution in [0.3, 0.4) is 0 Å². The van der Waals surface area contributed by atoms with Crippen molar-refractivity contribution in [2.24, 2.45) is 0 Å². The Morgan fingerprint density at radius 3 is 0.753 bits per heavy atom. The van der Waals surface area contributed by atoms with Crippen molar-refractivity contribution in [2.75, 3.05) is 13.2 Å². The minimum absolute atomic E-state index is 0.0919. The fourth-order valence-electron chi connectivity index (χ4n) is 8.66. The van der Waals surface area contributed by atoms with Crippen LogP contribution < -0.4 is 0 Å². The number of esters is 3. The lowest BCUT2D eigenvalue weighted by Gasteiger charge is -2.18. The highest BCUT2D eigenvalue weighted by Gasteiger charge is 2.19. The van der Waals surface area contributed by atoms with Gasteiger partial charge in [0.1, 0.15) is 13.2 Å². The standard InChI is InChI=1S/C75H120O6/c1-4-7-10-13-15-17-19-21-23-25-27-29-31-33-35-37-39-41-43-45-47-49-51-53-55-57-59-62-65-68-74(77)80-71-72(70-79-73(76)67-64-61-12-9-6-3)81-75(78)69-66-63-60-58-56-54-52-50-48-46-44-42-40-38-36-34-32-30-28-26-24-22-20-18-16-14-11-8-5-2/h7-8,10-11,15-18,21-24,27-30,33-36,39,41,45,47,51,53,72H,4-6,9,12-14,19-20,25-26,31-32,37-38,40,42-44,46,48-50,52,54-71H2,1-3H3/b10-7-,11-8-,17-15-,18-16-,23-21-,24-22-,29-27-,30-28-,35-33-,36-34-,41-39-,47-45-,53-51-. The van der Waals surface area contributed by atoms with Crippen LogP contribution in [0.25, 0.3) is 0 Å². The van der Waals surface area contributed by atoms with Gasteiger partial charge in [-0.1, -0.05) is 288 Å². The molecule has 456 valence electrons. The average molecular weight is 1120 g/mol.